The molecule has 0 unspecified atom stereocenters. The molecule has 0 N–H and O–H groups in total. The summed E-state index contributed by atoms with van der Waals surface area (Å²) in [6.07, 6.45) is 0. The lowest BCUT2D eigenvalue weighted by Gasteiger charge is -2.13. The van der Waals surface area contributed by atoms with E-state index in [1.165, 1.54) is 11.8 Å². The van der Waals surface area contributed by atoms with Crippen LogP contribution < -0.4 is 0 Å². The van der Waals surface area contributed by atoms with Crippen molar-refractivity contribution in [1.29, 1.82) is 5.26 Å². The highest BCUT2D eigenvalue weighted by atomic mass is 16.2. The molecule has 1 rings (SSSR count). The molecule has 0 aliphatic carbocycles. The molecule has 3 nitrogen and oxygen atoms in total. The van der Waals surface area contributed by atoms with E-state index < -0.39 is 0 Å². The minimum absolute atomic E-state index is 0.0349. The number of hydrogen-bond donors (Lipinski definition) is 0. The van der Waals surface area contributed by atoms with Gasteiger partial charge in [0.15, 0.2) is 0 Å². The molecule has 1 amide bonds. The third-order valence-corrected chi connectivity index (χ3v) is 1.86. The summed E-state index contributed by atoms with van der Waals surface area (Å²) < 4.78 is 0. The molecule has 0 fully saturated rings. The van der Waals surface area contributed by atoms with Crippen molar-refractivity contribution in [3.05, 3.63) is 41.9 Å². The Morgan fingerprint density at radius 3 is 2.86 bits per heavy atom. The molecule has 0 bridgehead atoms. The van der Waals surface area contributed by atoms with Crippen molar-refractivity contribution in [1.82, 2.24) is 4.90 Å². The predicted octanol–water partition coefficient (Wildman–Crippen LogP) is 1.55. The number of rotatable bonds is 2. The van der Waals surface area contributed by atoms with Crippen molar-refractivity contribution >= 4 is 5.91 Å². The van der Waals surface area contributed by atoms with Crippen LogP contribution in [0.5, 0.6) is 0 Å². The van der Waals surface area contributed by atoms with Crippen molar-refractivity contribution in [3.8, 4) is 6.07 Å². The first-order chi connectivity index (χ1) is 6.63. The minimum Gasteiger partial charge on any atom is -0.337 e. The third-order valence-electron chi connectivity index (χ3n) is 1.86. The summed E-state index contributed by atoms with van der Waals surface area (Å²) in [6, 6.07) is 9.15. The van der Waals surface area contributed by atoms with Gasteiger partial charge in [-0.2, -0.15) is 5.26 Å². The van der Waals surface area contributed by atoms with E-state index in [0.717, 1.165) is 5.56 Å². The molecule has 1 radical (unpaired) electrons. The molecule has 0 saturated carbocycles. The van der Waals surface area contributed by atoms with Crippen molar-refractivity contribution in [2.45, 2.75) is 6.92 Å². The van der Waals surface area contributed by atoms with Crippen LogP contribution in [0.25, 0.3) is 0 Å². The molecule has 0 aliphatic heterocycles. The first-order valence-electron chi connectivity index (χ1n) is 4.22. The van der Waals surface area contributed by atoms with Gasteiger partial charge in [0.2, 0.25) is 5.91 Å². The molecular weight excluding hydrogens is 176 g/mol. The van der Waals surface area contributed by atoms with Crippen molar-refractivity contribution in [2.75, 3.05) is 7.05 Å². The number of carbonyl (C=O) groups excluding carboxylic acids is 1. The lowest BCUT2D eigenvalue weighted by Crippen LogP contribution is -2.21. The number of nitrogens with zero attached hydrogens (tertiary/aromatic N) is 2. The Labute approximate surface area is 83.6 Å². The van der Waals surface area contributed by atoms with E-state index in [2.05, 4.69) is 0 Å². The fourth-order valence-corrected chi connectivity index (χ4v) is 1.00. The molecule has 1 aromatic rings. The highest BCUT2D eigenvalue weighted by Gasteiger charge is 2.04. The Bertz CT molecular complexity index is 379. The first-order valence-corrected chi connectivity index (χ1v) is 4.22. The van der Waals surface area contributed by atoms with Gasteiger partial charge in [0.05, 0.1) is 18.2 Å². The Hall–Kier alpha value is -1.82. The van der Waals surface area contributed by atoms with Crippen molar-refractivity contribution in [3.63, 3.8) is 0 Å². The van der Waals surface area contributed by atoms with Gasteiger partial charge < -0.3 is 4.90 Å². The monoisotopic (exact) mass is 187 g/mol. The normalized spacial score (nSPS) is 9.21. The fourth-order valence-electron chi connectivity index (χ4n) is 1.00. The van der Waals surface area contributed by atoms with Crippen LogP contribution in [0.1, 0.15) is 18.1 Å². The molecule has 0 aromatic heterocycles. The van der Waals surface area contributed by atoms with Crippen LogP contribution in [0, 0.1) is 17.9 Å². The van der Waals surface area contributed by atoms with Crippen LogP contribution in [0.15, 0.2) is 24.3 Å². The van der Waals surface area contributed by atoms with Crippen molar-refractivity contribution in [2.24, 2.45) is 0 Å². The molecule has 0 saturated heterocycles. The van der Waals surface area contributed by atoms with Gasteiger partial charge in [0, 0.05) is 14.0 Å². The zero-order chi connectivity index (χ0) is 10.6. The Morgan fingerprint density at radius 2 is 2.29 bits per heavy atom. The van der Waals surface area contributed by atoms with E-state index in [0.29, 0.717) is 5.56 Å². The van der Waals surface area contributed by atoms with Gasteiger partial charge in [-0.15, -0.1) is 0 Å². The molecule has 0 spiro atoms. The van der Waals surface area contributed by atoms with E-state index in [4.69, 9.17) is 5.26 Å². The molecular formula is C11H11N2O. The number of hydrogen-bond acceptors (Lipinski definition) is 2. The largest absolute Gasteiger partial charge is 0.337 e. The summed E-state index contributed by atoms with van der Waals surface area (Å²) >= 11 is 0. The van der Waals surface area contributed by atoms with Gasteiger partial charge in [-0.3, -0.25) is 4.79 Å². The molecule has 0 heterocycles. The van der Waals surface area contributed by atoms with Gasteiger partial charge >= 0.3 is 0 Å². The van der Waals surface area contributed by atoms with Gasteiger partial charge in [-0.05, 0) is 17.7 Å². The topological polar surface area (TPSA) is 44.1 Å². The SMILES string of the molecule is CC(=O)N(C)[CH]c1cccc(C#N)c1. The Kier molecular flexibility index (Phi) is 3.24. The van der Waals surface area contributed by atoms with E-state index in [-0.39, 0.29) is 5.91 Å². The van der Waals surface area contributed by atoms with Crippen LogP contribution in [0.3, 0.4) is 0 Å². The van der Waals surface area contributed by atoms with E-state index in [9.17, 15) is 4.79 Å². The number of benzene rings is 1. The number of amides is 1. The van der Waals surface area contributed by atoms with Gasteiger partial charge in [0.25, 0.3) is 0 Å². The summed E-state index contributed by atoms with van der Waals surface area (Å²) in [4.78, 5) is 12.4. The summed E-state index contributed by atoms with van der Waals surface area (Å²) in [5.41, 5.74) is 1.44. The summed E-state index contributed by atoms with van der Waals surface area (Å²) in [5.74, 6) is -0.0349. The maximum atomic E-state index is 10.9. The van der Waals surface area contributed by atoms with E-state index in [1.807, 2.05) is 12.1 Å². The fraction of sp³-hybridized carbons (Fsp3) is 0.182. The molecule has 71 valence electrons. The maximum absolute atomic E-state index is 10.9. The molecule has 14 heavy (non-hydrogen) atoms. The van der Waals surface area contributed by atoms with Crippen LogP contribution in [-0.4, -0.2) is 17.9 Å². The highest BCUT2D eigenvalue weighted by Crippen LogP contribution is 2.08. The average molecular weight is 187 g/mol. The average Bonchev–Trinajstić information content (AvgIpc) is 2.18. The van der Waals surface area contributed by atoms with Gasteiger partial charge in [0.1, 0.15) is 0 Å². The maximum Gasteiger partial charge on any atom is 0.219 e. The number of nitriles is 1. The Morgan fingerprint density at radius 1 is 1.57 bits per heavy atom. The molecule has 0 atom stereocenters. The number of carbonyl (C=O) groups is 1. The van der Waals surface area contributed by atoms with E-state index in [1.54, 1.807) is 31.8 Å². The standard InChI is InChI=1S/C11H11N2O/c1-9(14)13(2)8-11-5-3-4-10(6-11)7-12/h3-6,8H,1-2H3. The third kappa shape index (κ3) is 2.60. The van der Waals surface area contributed by atoms with Crippen LogP contribution in [-0.2, 0) is 4.79 Å². The second kappa shape index (κ2) is 4.43. The molecule has 0 aliphatic rings. The lowest BCUT2D eigenvalue weighted by atomic mass is 10.1. The second-order valence-corrected chi connectivity index (χ2v) is 3.00. The lowest BCUT2D eigenvalue weighted by molar-refractivity contribution is -0.125. The van der Waals surface area contributed by atoms with Crippen LogP contribution >= 0.6 is 0 Å². The quantitative estimate of drug-likeness (QED) is 0.705. The zero-order valence-corrected chi connectivity index (χ0v) is 8.19. The van der Waals surface area contributed by atoms with E-state index >= 15 is 0 Å². The van der Waals surface area contributed by atoms with Crippen molar-refractivity contribution < 1.29 is 4.79 Å². The predicted molar refractivity (Wildman–Crippen MR) is 53.0 cm³/mol. The van der Waals surface area contributed by atoms with Gasteiger partial charge in [-0.25, -0.2) is 0 Å². The molecule has 1 aromatic carbocycles. The summed E-state index contributed by atoms with van der Waals surface area (Å²) in [7, 11) is 1.68. The van der Waals surface area contributed by atoms with Gasteiger partial charge in [-0.1, -0.05) is 12.1 Å². The second-order valence-electron chi connectivity index (χ2n) is 3.00. The van der Waals surface area contributed by atoms with Crippen LogP contribution in [0.2, 0.25) is 0 Å². The summed E-state index contributed by atoms with van der Waals surface area (Å²) in [5, 5.41) is 8.66. The smallest absolute Gasteiger partial charge is 0.219 e. The minimum atomic E-state index is -0.0349. The highest BCUT2D eigenvalue weighted by molar-refractivity contribution is 5.74. The first kappa shape index (κ1) is 10.3. The zero-order valence-electron chi connectivity index (χ0n) is 8.19. The molecule has 3 heteroatoms. The Balaban J connectivity index is 2.78. The summed E-state index contributed by atoms with van der Waals surface area (Å²) in [6.45, 7) is 3.19. The van der Waals surface area contributed by atoms with Crippen LogP contribution in [0.4, 0.5) is 0 Å².